The number of fused-ring (bicyclic) bond motifs is 1. The van der Waals surface area contributed by atoms with Crippen molar-refractivity contribution in [2.24, 2.45) is 16.6 Å². The fourth-order valence-electron chi connectivity index (χ4n) is 1.49. The lowest BCUT2D eigenvalue weighted by atomic mass is 10.2. The van der Waals surface area contributed by atoms with Crippen molar-refractivity contribution in [3.05, 3.63) is 72.4 Å². The second kappa shape index (κ2) is 5.14. The largest absolute Gasteiger partial charge is 0.403 e. The van der Waals surface area contributed by atoms with Gasteiger partial charge in [-0.3, -0.25) is 10.0 Å². The zero-order chi connectivity index (χ0) is 12.1. The van der Waals surface area contributed by atoms with Crippen LogP contribution in [0.1, 0.15) is 0 Å². The molecule has 2 aliphatic heterocycles. The first-order valence-electron chi connectivity index (χ1n) is 5.25. The Kier molecular flexibility index (Phi) is 3.37. The fraction of sp³-hybridized carbons (Fsp3) is 0. The molecule has 0 spiro atoms. The molecule has 0 fully saturated rings. The summed E-state index contributed by atoms with van der Waals surface area (Å²) in [7, 11) is 0. The number of rotatable bonds is 0. The van der Waals surface area contributed by atoms with Gasteiger partial charge in [-0.05, 0) is 24.3 Å². The maximum Gasteiger partial charge on any atom is 0.0722 e. The van der Waals surface area contributed by atoms with E-state index in [0.29, 0.717) is 0 Å². The maximum absolute atomic E-state index is 5.44. The van der Waals surface area contributed by atoms with Gasteiger partial charge in [0.15, 0.2) is 0 Å². The highest BCUT2D eigenvalue weighted by Gasteiger charge is 2.06. The third-order valence-corrected chi connectivity index (χ3v) is 2.39. The first kappa shape index (κ1) is 11.2. The molecule has 0 saturated carbocycles. The molecular formula is C13H14N4. The van der Waals surface area contributed by atoms with Gasteiger partial charge < -0.3 is 5.73 Å². The number of hydrogen-bond acceptors (Lipinski definition) is 4. The van der Waals surface area contributed by atoms with E-state index in [1.807, 2.05) is 42.7 Å². The molecule has 0 saturated heterocycles. The fourth-order valence-corrected chi connectivity index (χ4v) is 1.49. The molecule has 0 bridgehead atoms. The topological polar surface area (TPSA) is 67.6 Å². The molecule has 3 aliphatic rings. The van der Waals surface area contributed by atoms with Gasteiger partial charge in [0.2, 0.25) is 0 Å². The van der Waals surface area contributed by atoms with Crippen LogP contribution < -0.4 is 11.6 Å². The molecule has 0 unspecified atom stereocenters. The summed E-state index contributed by atoms with van der Waals surface area (Å²) in [5.74, 6) is 5.44. The van der Waals surface area contributed by atoms with E-state index in [-0.39, 0.29) is 0 Å². The zero-order valence-corrected chi connectivity index (χ0v) is 9.32. The highest BCUT2D eigenvalue weighted by Crippen LogP contribution is 2.14. The average Bonchev–Trinajstić information content (AvgIpc) is 2.93. The summed E-state index contributed by atoms with van der Waals surface area (Å²) in [4.78, 5) is 4.08. The van der Waals surface area contributed by atoms with Crippen molar-refractivity contribution in [3.8, 4) is 0 Å². The molecule has 4 nitrogen and oxygen atoms in total. The summed E-state index contributed by atoms with van der Waals surface area (Å²) < 4.78 is 0. The van der Waals surface area contributed by atoms with Crippen LogP contribution in [-0.4, -0.2) is 10.7 Å². The molecule has 2 heterocycles. The minimum Gasteiger partial charge on any atom is -0.403 e. The van der Waals surface area contributed by atoms with E-state index in [1.54, 1.807) is 6.20 Å². The van der Waals surface area contributed by atoms with E-state index in [0.717, 1.165) is 11.4 Å². The summed E-state index contributed by atoms with van der Waals surface area (Å²) >= 11 is 0. The Balaban J connectivity index is 0.000000127. The van der Waals surface area contributed by atoms with E-state index in [2.05, 4.69) is 11.1 Å². The summed E-state index contributed by atoms with van der Waals surface area (Å²) in [5.41, 5.74) is 8.37. The molecule has 17 heavy (non-hydrogen) atoms. The minimum absolute atomic E-state index is 0.803. The summed E-state index contributed by atoms with van der Waals surface area (Å²) in [6.07, 6.45) is 18.7. The smallest absolute Gasteiger partial charge is 0.0722 e. The van der Waals surface area contributed by atoms with Crippen LogP contribution in [0, 0.1) is 0 Å². The number of allylic oxidation sites excluding steroid dienone is 8. The van der Waals surface area contributed by atoms with E-state index in [1.165, 1.54) is 16.8 Å². The molecule has 1 aliphatic carbocycles. The van der Waals surface area contributed by atoms with Gasteiger partial charge >= 0.3 is 0 Å². The van der Waals surface area contributed by atoms with Crippen LogP contribution in [0.3, 0.4) is 0 Å². The second-order valence-electron chi connectivity index (χ2n) is 3.51. The zero-order valence-electron chi connectivity index (χ0n) is 9.32. The van der Waals surface area contributed by atoms with Crippen molar-refractivity contribution in [2.45, 2.75) is 0 Å². The Morgan fingerprint density at radius 3 is 2.65 bits per heavy atom. The van der Waals surface area contributed by atoms with Gasteiger partial charge in [0.05, 0.1) is 11.4 Å². The monoisotopic (exact) mass is 226 g/mol. The van der Waals surface area contributed by atoms with Crippen LogP contribution in [0.2, 0.25) is 0 Å². The molecule has 0 atom stereocenters. The number of nitrogens with zero attached hydrogens (tertiary/aromatic N) is 2. The van der Waals surface area contributed by atoms with E-state index in [4.69, 9.17) is 11.6 Å². The van der Waals surface area contributed by atoms with Crippen molar-refractivity contribution in [1.29, 1.82) is 0 Å². The van der Waals surface area contributed by atoms with E-state index in [9.17, 15) is 0 Å². The van der Waals surface area contributed by atoms with Gasteiger partial charge in [0.25, 0.3) is 0 Å². The average molecular weight is 226 g/mol. The second-order valence-corrected chi connectivity index (χ2v) is 3.51. The van der Waals surface area contributed by atoms with Crippen LogP contribution in [0.5, 0.6) is 0 Å². The van der Waals surface area contributed by atoms with Crippen molar-refractivity contribution >= 4 is 5.71 Å². The van der Waals surface area contributed by atoms with E-state index >= 15 is 0 Å². The summed E-state index contributed by atoms with van der Waals surface area (Å²) in [6.45, 7) is 0. The van der Waals surface area contributed by atoms with Crippen LogP contribution in [0.15, 0.2) is 77.4 Å². The van der Waals surface area contributed by atoms with Crippen LogP contribution in [0.4, 0.5) is 0 Å². The van der Waals surface area contributed by atoms with Crippen molar-refractivity contribution in [2.75, 3.05) is 0 Å². The molecule has 0 aromatic rings. The van der Waals surface area contributed by atoms with Gasteiger partial charge in [-0.15, -0.1) is 0 Å². The van der Waals surface area contributed by atoms with Gasteiger partial charge in [-0.25, -0.2) is 5.84 Å². The number of nitrogens with two attached hydrogens (primary N) is 2. The highest BCUT2D eigenvalue weighted by molar-refractivity contribution is 6.14. The van der Waals surface area contributed by atoms with Gasteiger partial charge in [0, 0.05) is 24.2 Å². The van der Waals surface area contributed by atoms with Crippen LogP contribution in [-0.2, 0) is 0 Å². The Morgan fingerprint density at radius 2 is 2.00 bits per heavy atom. The van der Waals surface area contributed by atoms with Gasteiger partial charge in [0.1, 0.15) is 0 Å². The van der Waals surface area contributed by atoms with Crippen molar-refractivity contribution in [1.82, 2.24) is 5.01 Å². The lowest BCUT2D eigenvalue weighted by Crippen LogP contribution is -2.24. The lowest BCUT2D eigenvalue weighted by Gasteiger charge is -2.15. The van der Waals surface area contributed by atoms with Crippen LogP contribution in [0.25, 0.3) is 0 Å². The predicted molar refractivity (Wildman–Crippen MR) is 70.4 cm³/mol. The molecule has 86 valence electrons. The molecule has 0 aromatic heterocycles. The highest BCUT2D eigenvalue weighted by atomic mass is 15.4. The normalized spacial score (nSPS) is 21.2. The third-order valence-electron chi connectivity index (χ3n) is 2.39. The molecule has 0 radical (unpaired) electrons. The summed E-state index contributed by atoms with van der Waals surface area (Å²) in [5, 5.41) is 1.46. The van der Waals surface area contributed by atoms with Crippen molar-refractivity contribution in [3.63, 3.8) is 0 Å². The molecule has 3 rings (SSSR count). The lowest BCUT2D eigenvalue weighted by molar-refractivity contribution is 0.503. The number of aliphatic imine (C=N–C) groups is 1. The number of hydrogen-bond donors (Lipinski definition) is 2. The SMILES string of the molecule is C1=CC2=NC=CC2=C1.N/C=C1/C=CC=CN1N. The molecule has 0 aromatic carbocycles. The third kappa shape index (κ3) is 2.62. The maximum atomic E-state index is 5.44. The van der Waals surface area contributed by atoms with Crippen molar-refractivity contribution < 1.29 is 0 Å². The standard InChI is InChI=1S/C7H5N.C6H9N3/c1-2-6-4-5-8-7(6)3-1;7-5-6-3-1-2-4-9(6)8/h1-5H;1-5H,7-8H2/b;6-5-. The van der Waals surface area contributed by atoms with Crippen LogP contribution >= 0.6 is 0 Å². The summed E-state index contributed by atoms with van der Waals surface area (Å²) in [6, 6.07) is 0. The quantitative estimate of drug-likeness (QED) is 0.615. The first-order chi connectivity index (χ1) is 8.31. The molecule has 4 N–H and O–H groups in total. The minimum atomic E-state index is 0.803. The Bertz CT molecular complexity index is 476. The Hall–Kier alpha value is -2.33. The predicted octanol–water partition coefficient (Wildman–Crippen LogP) is 1.50. The molecule has 0 amide bonds. The Labute approximate surface area is 100 Å². The molecular weight excluding hydrogens is 212 g/mol. The van der Waals surface area contributed by atoms with Gasteiger partial charge in [-0.2, -0.15) is 0 Å². The number of hydrazine groups is 1. The van der Waals surface area contributed by atoms with E-state index < -0.39 is 0 Å². The van der Waals surface area contributed by atoms with Gasteiger partial charge in [-0.1, -0.05) is 18.2 Å². The first-order valence-corrected chi connectivity index (χ1v) is 5.25. The Morgan fingerprint density at radius 1 is 1.12 bits per heavy atom. The molecule has 4 heteroatoms.